The van der Waals surface area contributed by atoms with Crippen molar-refractivity contribution in [3.8, 4) is 11.5 Å². The molecule has 176 valence electrons. The van der Waals surface area contributed by atoms with Crippen LogP contribution in [0.15, 0.2) is 18.2 Å². The van der Waals surface area contributed by atoms with Crippen LogP contribution in [0.4, 0.5) is 0 Å². The van der Waals surface area contributed by atoms with Gasteiger partial charge in [-0.2, -0.15) is 0 Å². The molecule has 0 bridgehead atoms. The zero-order valence-corrected chi connectivity index (χ0v) is 19.6. The number of amides is 2. The molecule has 1 saturated carbocycles. The van der Waals surface area contributed by atoms with Crippen molar-refractivity contribution < 1.29 is 19.1 Å². The van der Waals surface area contributed by atoms with Gasteiger partial charge in [0.15, 0.2) is 11.5 Å². The number of likely N-dealkylation sites (tertiary alicyclic amines) is 1. The molecule has 0 radical (unpaired) electrons. The van der Waals surface area contributed by atoms with Gasteiger partial charge >= 0.3 is 0 Å². The predicted octanol–water partition coefficient (Wildman–Crippen LogP) is 3.03. The molecule has 1 aromatic carbocycles. The number of piperidine rings is 1. The highest BCUT2D eigenvalue weighted by molar-refractivity contribution is 5.95. The van der Waals surface area contributed by atoms with Gasteiger partial charge in [-0.25, -0.2) is 0 Å². The van der Waals surface area contributed by atoms with Gasteiger partial charge in [-0.3, -0.25) is 14.5 Å². The first-order valence-corrected chi connectivity index (χ1v) is 12.2. The minimum atomic E-state index is -0.0195. The lowest BCUT2D eigenvalue weighted by molar-refractivity contribution is -0.140. The highest BCUT2D eigenvalue weighted by atomic mass is 16.5. The molecule has 3 fully saturated rings. The van der Waals surface area contributed by atoms with E-state index in [4.69, 9.17) is 9.47 Å². The predicted molar refractivity (Wildman–Crippen MR) is 123 cm³/mol. The van der Waals surface area contributed by atoms with Crippen LogP contribution in [0.5, 0.6) is 11.5 Å². The van der Waals surface area contributed by atoms with Gasteiger partial charge in [0.1, 0.15) is 0 Å². The Balaban J connectivity index is 1.42. The van der Waals surface area contributed by atoms with Crippen molar-refractivity contribution in [2.24, 2.45) is 5.92 Å². The summed E-state index contributed by atoms with van der Waals surface area (Å²) in [6.45, 7) is 4.59. The van der Waals surface area contributed by atoms with E-state index in [2.05, 4.69) is 9.80 Å². The minimum Gasteiger partial charge on any atom is -0.493 e. The second-order valence-corrected chi connectivity index (χ2v) is 9.27. The van der Waals surface area contributed by atoms with Crippen LogP contribution in [0.25, 0.3) is 0 Å². The molecule has 0 aromatic heterocycles. The maximum atomic E-state index is 13.5. The van der Waals surface area contributed by atoms with Gasteiger partial charge in [-0.15, -0.1) is 0 Å². The van der Waals surface area contributed by atoms with E-state index in [1.165, 1.54) is 19.3 Å². The molecule has 1 aromatic rings. The van der Waals surface area contributed by atoms with Gasteiger partial charge < -0.3 is 19.3 Å². The summed E-state index contributed by atoms with van der Waals surface area (Å²) in [6.07, 6.45) is 8.23. The molecule has 2 amide bonds. The topological polar surface area (TPSA) is 62.3 Å². The molecule has 7 heteroatoms. The normalized spacial score (nSPS) is 21.4. The van der Waals surface area contributed by atoms with E-state index in [-0.39, 0.29) is 11.9 Å². The smallest absolute Gasteiger partial charge is 0.254 e. The van der Waals surface area contributed by atoms with Gasteiger partial charge in [-0.05, 0) is 56.2 Å². The Kier molecular flexibility index (Phi) is 7.55. The van der Waals surface area contributed by atoms with Crippen LogP contribution >= 0.6 is 0 Å². The number of carbonyl (C=O) groups is 2. The number of hydrogen-bond acceptors (Lipinski definition) is 5. The average molecular weight is 444 g/mol. The van der Waals surface area contributed by atoms with E-state index in [1.807, 2.05) is 4.90 Å². The van der Waals surface area contributed by atoms with Crippen molar-refractivity contribution in [1.82, 2.24) is 14.7 Å². The van der Waals surface area contributed by atoms with Gasteiger partial charge in [0.25, 0.3) is 5.91 Å². The van der Waals surface area contributed by atoms with Crippen LogP contribution in [0.3, 0.4) is 0 Å². The first kappa shape index (κ1) is 22.9. The Morgan fingerprint density at radius 2 is 1.47 bits per heavy atom. The molecule has 0 N–H and O–H groups in total. The average Bonchev–Trinajstić information content (AvgIpc) is 3.38. The van der Waals surface area contributed by atoms with Gasteiger partial charge in [-0.1, -0.05) is 12.8 Å². The minimum absolute atomic E-state index is 0.00498. The lowest BCUT2D eigenvalue weighted by atomic mass is 9.93. The van der Waals surface area contributed by atoms with Gasteiger partial charge in [0.2, 0.25) is 5.91 Å². The molecular formula is C25H37N3O4. The highest BCUT2D eigenvalue weighted by Crippen LogP contribution is 2.33. The maximum Gasteiger partial charge on any atom is 0.254 e. The second-order valence-electron chi connectivity index (χ2n) is 9.27. The van der Waals surface area contributed by atoms with Crippen molar-refractivity contribution in [2.75, 3.05) is 53.5 Å². The zero-order chi connectivity index (χ0) is 22.5. The van der Waals surface area contributed by atoms with Gasteiger partial charge in [0.05, 0.1) is 20.3 Å². The molecule has 4 rings (SSSR count). The third kappa shape index (κ3) is 4.87. The van der Waals surface area contributed by atoms with E-state index < -0.39 is 0 Å². The third-order valence-corrected chi connectivity index (χ3v) is 7.39. The molecule has 2 saturated heterocycles. The molecule has 1 unspecified atom stereocenters. The Morgan fingerprint density at radius 1 is 0.812 bits per heavy atom. The SMILES string of the molecule is COc1ccc(C(=O)N2CCN(C(C(=O)N3CCCCC3)C3CCCC3)CC2)cc1OC. The summed E-state index contributed by atoms with van der Waals surface area (Å²) in [7, 11) is 3.16. The van der Waals surface area contributed by atoms with Crippen molar-refractivity contribution in [2.45, 2.75) is 51.0 Å². The largest absolute Gasteiger partial charge is 0.493 e. The number of hydrogen-bond donors (Lipinski definition) is 0. The van der Waals surface area contributed by atoms with Crippen LogP contribution < -0.4 is 9.47 Å². The number of methoxy groups -OCH3 is 2. The molecule has 1 aliphatic carbocycles. The van der Waals surface area contributed by atoms with E-state index in [0.717, 1.165) is 51.9 Å². The summed E-state index contributed by atoms with van der Waals surface area (Å²) in [4.78, 5) is 33.0. The van der Waals surface area contributed by atoms with Crippen LogP contribution in [0, 0.1) is 5.92 Å². The van der Waals surface area contributed by atoms with Crippen molar-refractivity contribution in [1.29, 1.82) is 0 Å². The van der Waals surface area contributed by atoms with Crippen LogP contribution in [0.1, 0.15) is 55.3 Å². The van der Waals surface area contributed by atoms with E-state index in [9.17, 15) is 9.59 Å². The summed E-state index contributed by atoms with van der Waals surface area (Å²) in [5.41, 5.74) is 0.604. The molecule has 7 nitrogen and oxygen atoms in total. The third-order valence-electron chi connectivity index (χ3n) is 7.39. The summed E-state index contributed by atoms with van der Waals surface area (Å²) in [5, 5.41) is 0. The fourth-order valence-corrected chi connectivity index (χ4v) is 5.59. The lowest BCUT2D eigenvalue weighted by Gasteiger charge is -2.43. The Morgan fingerprint density at radius 3 is 2.09 bits per heavy atom. The number of piperazine rings is 1. The van der Waals surface area contributed by atoms with Crippen molar-refractivity contribution >= 4 is 11.8 Å². The van der Waals surface area contributed by atoms with Crippen LogP contribution in [0.2, 0.25) is 0 Å². The molecule has 2 heterocycles. The summed E-state index contributed by atoms with van der Waals surface area (Å²) >= 11 is 0. The van der Waals surface area contributed by atoms with E-state index in [0.29, 0.717) is 42.0 Å². The second kappa shape index (κ2) is 10.6. The molecule has 2 aliphatic heterocycles. The number of carbonyl (C=O) groups excluding carboxylic acids is 2. The summed E-state index contributed by atoms with van der Waals surface area (Å²) < 4.78 is 10.6. The van der Waals surface area contributed by atoms with Gasteiger partial charge in [0, 0.05) is 44.8 Å². The number of rotatable bonds is 6. The number of ether oxygens (including phenoxy) is 2. The zero-order valence-electron chi connectivity index (χ0n) is 19.6. The molecule has 32 heavy (non-hydrogen) atoms. The molecular weight excluding hydrogens is 406 g/mol. The number of benzene rings is 1. The first-order chi connectivity index (χ1) is 15.6. The van der Waals surface area contributed by atoms with Crippen molar-refractivity contribution in [3.63, 3.8) is 0 Å². The quantitative estimate of drug-likeness (QED) is 0.676. The lowest BCUT2D eigenvalue weighted by Crippen LogP contribution is -2.59. The van der Waals surface area contributed by atoms with E-state index in [1.54, 1.807) is 32.4 Å². The molecule has 3 aliphatic rings. The first-order valence-electron chi connectivity index (χ1n) is 12.2. The highest BCUT2D eigenvalue weighted by Gasteiger charge is 2.39. The number of nitrogens with zero attached hydrogens (tertiary/aromatic N) is 3. The molecule has 0 spiro atoms. The van der Waals surface area contributed by atoms with Crippen LogP contribution in [-0.4, -0.2) is 86.0 Å². The summed E-state index contributed by atoms with van der Waals surface area (Å²) in [6, 6.07) is 5.29. The Labute approximate surface area is 191 Å². The fraction of sp³-hybridized carbons (Fsp3) is 0.680. The summed E-state index contributed by atoms with van der Waals surface area (Å²) in [5.74, 6) is 1.97. The maximum absolute atomic E-state index is 13.5. The van der Waals surface area contributed by atoms with Crippen LogP contribution in [-0.2, 0) is 4.79 Å². The van der Waals surface area contributed by atoms with Crippen molar-refractivity contribution in [3.05, 3.63) is 23.8 Å². The Bertz CT molecular complexity index is 794. The molecule has 1 atom stereocenters. The Hall–Kier alpha value is -2.28. The fourth-order valence-electron chi connectivity index (χ4n) is 5.59. The standard InChI is InChI=1S/C25H37N3O4/c1-31-21-11-10-20(18-22(21)32-2)24(29)28-16-14-26(15-17-28)23(19-8-4-5-9-19)25(30)27-12-6-3-7-13-27/h10-11,18-19,23H,3-9,12-17H2,1-2H3. The van der Waals surface area contributed by atoms with E-state index >= 15 is 0 Å². The monoisotopic (exact) mass is 443 g/mol.